The number of benzene rings is 5. The van der Waals surface area contributed by atoms with E-state index in [9.17, 15) is 5.11 Å². The van der Waals surface area contributed by atoms with Gasteiger partial charge in [0.15, 0.2) is 0 Å². The standard InChI is InChI=1S/C46H45N3O/c1-29(2)37-26-34(31-15-9-8-10-16-31)27-38(30(3)4)44(37)49-41-21-14-19-36(32-17-13-18-33(25-32)40-20-11-12-24-47-40)43(41)48-45(49)39-28-35(46(5,6)7)22-23-42(39)50/h8-30,50H,1-7H3. The number of aromatic hydroxyl groups is 1. The number of hydrogen-bond donors (Lipinski definition) is 1. The van der Waals surface area contributed by atoms with Gasteiger partial charge in [0.2, 0.25) is 0 Å². The Morgan fingerprint density at radius 2 is 1.26 bits per heavy atom. The molecule has 0 saturated carbocycles. The van der Waals surface area contributed by atoms with Gasteiger partial charge in [-0.2, -0.15) is 0 Å². The molecule has 0 unspecified atom stereocenters. The highest BCUT2D eigenvalue weighted by Gasteiger charge is 2.27. The van der Waals surface area contributed by atoms with E-state index in [0.717, 1.165) is 56.1 Å². The Bertz CT molecular complexity index is 2280. The van der Waals surface area contributed by atoms with Crippen LogP contribution in [0.15, 0.2) is 128 Å². The summed E-state index contributed by atoms with van der Waals surface area (Å²) in [6, 6.07) is 42.3. The molecule has 0 aliphatic heterocycles. The molecule has 0 amide bonds. The lowest BCUT2D eigenvalue weighted by Crippen LogP contribution is -2.12. The van der Waals surface area contributed by atoms with Crippen molar-refractivity contribution < 1.29 is 5.11 Å². The van der Waals surface area contributed by atoms with E-state index >= 15 is 0 Å². The van der Waals surface area contributed by atoms with Gasteiger partial charge in [0, 0.05) is 17.3 Å². The van der Waals surface area contributed by atoms with Crippen LogP contribution in [0.3, 0.4) is 0 Å². The molecule has 250 valence electrons. The molecule has 0 fully saturated rings. The van der Waals surface area contributed by atoms with Crippen LogP contribution in [0.5, 0.6) is 5.75 Å². The quantitative estimate of drug-likeness (QED) is 0.186. The Hall–Kier alpha value is -5.48. The Morgan fingerprint density at radius 1 is 0.600 bits per heavy atom. The van der Waals surface area contributed by atoms with E-state index in [4.69, 9.17) is 4.98 Å². The van der Waals surface area contributed by atoms with Crippen LogP contribution in [-0.4, -0.2) is 19.6 Å². The van der Waals surface area contributed by atoms with Gasteiger partial charge < -0.3 is 5.11 Å². The lowest BCUT2D eigenvalue weighted by Gasteiger charge is -2.25. The lowest BCUT2D eigenvalue weighted by molar-refractivity contribution is 0.475. The number of rotatable bonds is 7. The molecule has 0 saturated heterocycles. The van der Waals surface area contributed by atoms with Gasteiger partial charge in [-0.3, -0.25) is 9.55 Å². The van der Waals surface area contributed by atoms with E-state index in [1.54, 1.807) is 0 Å². The number of imidazole rings is 1. The van der Waals surface area contributed by atoms with E-state index in [2.05, 4.69) is 149 Å². The van der Waals surface area contributed by atoms with Crippen LogP contribution in [-0.2, 0) is 5.41 Å². The van der Waals surface area contributed by atoms with Crippen LogP contribution in [0.4, 0.5) is 0 Å². The van der Waals surface area contributed by atoms with Crippen LogP contribution in [0.25, 0.3) is 61.6 Å². The van der Waals surface area contributed by atoms with Crippen molar-refractivity contribution >= 4 is 11.0 Å². The molecule has 5 aromatic carbocycles. The normalized spacial score (nSPS) is 11.9. The third-order valence-corrected chi connectivity index (χ3v) is 9.67. The van der Waals surface area contributed by atoms with Gasteiger partial charge in [-0.25, -0.2) is 4.98 Å². The van der Waals surface area contributed by atoms with Gasteiger partial charge in [-0.05, 0) is 99.2 Å². The molecule has 0 atom stereocenters. The molecule has 2 aromatic heterocycles. The van der Waals surface area contributed by atoms with Crippen molar-refractivity contribution in [3.63, 3.8) is 0 Å². The van der Waals surface area contributed by atoms with Crippen molar-refractivity contribution in [2.24, 2.45) is 0 Å². The Morgan fingerprint density at radius 3 is 1.92 bits per heavy atom. The number of pyridine rings is 1. The van der Waals surface area contributed by atoms with E-state index in [-0.39, 0.29) is 23.0 Å². The molecule has 4 heteroatoms. The number of phenolic OH excluding ortho intramolecular Hbond substituents is 1. The summed E-state index contributed by atoms with van der Waals surface area (Å²) in [4.78, 5) is 10.1. The number of phenols is 1. The summed E-state index contributed by atoms with van der Waals surface area (Å²) >= 11 is 0. The van der Waals surface area contributed by atoms with Crippen LogP contribution in [0, 0.1) is 0 Å². The smallest absolute Gasteiger partial charge is 0.149 e. The number of aromatic nitrogens is 3. The highest BCUT2D eigenvalue weighted by molar-refractivity contribution is 5.97. The summed E-state index contributed by atoms with van der Waals surface area (Å²) in [7, 11) is 0. The molecule has 0 bridgehead atoms. The second-order valence-electron chi connectivity index (χ2n) is 14.9. The number of hydrogen-bond acceptors (Lipinski definition) is 3. The topological polar surface area (TPSA) is 50.9 Å². The molecular weight excluding hydrogens is 611 g/mol. The fraction of sp³-hybridized carbons (Fsp3) is 0.217. The maximum absolute atomic E-state index is 11.6. The molecule has 50 heavy (non-hydrogen) atoms. The van der Waals surface area contributed by atoms with Gasteiger partial charge in [0.25, 0.3) is 0 Å². The second-order valence-corrected chi connectivity index (χ2v) is 14.9. The highest BCUT2D eigenvalue weighted by Crippen LogP contribution is 2.44. The van der Waals surface area contributed by atoms with Gasteiger partial charge >= 0.3 is 0 Å². The fourth-order valence-corrected chi connectivity index (χ4v) is 6.92. The molecule has 4 nitrogen and oxygen atoms in total. The zero-order valence-electron chi connectivity index (χ0n) is 30.1. The minimum absolute atomic E-state index is 0.111. The average Bonchev–Trinajstić information content (AvgIpc) is 3.50. The molecule has 0 radical (unpaired) electrons. The first-order valence-corrected chi connectivity index (χ1v) is 17.6. The molecule has 0 aliphatic rings. The molecule has 2 heterocycles. The van der Waals surface area contributed by atoms with Crippen LogP contribution >= 0.6 is 0 Å². The summed E-state index contributed by atoms with van der Waals surface area (Å²) in [6.45, 7) is 15.7. The zero-order chi connectivity index (χ0) is 35.2. The van der Waals surface area contributed by atoms with Gasteiger partial charge in [-0.15, -0.1) is 0 Å². The third kappa shape index (κ3) is 6.11. The van der Waals surface area contributed by atoms with Crippen molar-refractivity contribution in [1.82, 2.24) is 14.5 Å². The van der Waals surface area contributed by atoms with Crippen molar-refractivity contribution in [3.05, 3.63) is 144 Å². The van der Waals surface area contributed by atoms with E-state index < -0.39 is 0 Å². The summed E-state index contributed by atoms with van der Waals surface area (Å²) in [6.07, 6.45) is 1.83. The Kier molecular flexibility index (Phi) is 8.65. The maximum atomic E-state index is 11.6. The van der Waals surface area contributed by atoms with Crippen molar-refractivity contribution in [3.8, 4) is 56.3 Å². The van der Waals surface area contributed by atoms with Crippen LogP contribution in [0.2, 0.25) is 0 Å². The number of para-hydroxylation sites is 1. The molecule has 1 N–H and O–H groups in total. The zero-order valence-corrected chi connectivity index (χ0v) is 30.1. The second kappa shape index (κ2) is 13.1. The summed E-state index contributed by atoms with van der Waals surface area (Å²) in [5.74, 6) is 1.40. The van der Waals surface area contributed by atoms with Crippen LogP contribution in [0.1, 0.15) is 77.0 Å². The predicted octanol–water partition coefficient (Wildman–Crippen LogP) is 12.3. The summed E-state index contributed by atoms with van der Waals surface area (Å²) in [5, 5.41) is 11.6. The van der Waals surface area contributed by atoms with E-state index in [0.29, 0.717) is 0 Å². The molecule has 0 spiro atoms. The van der Waals surface area contributed by atoms with Crippen molar-refractivity contribution in [1.29, 1.82) is 0 Å². The summed E-state index contributed by atoms with van der Waals surface area (Å²) < 4.78 is 2.32. The monoisotopic (exact) mass is 655 g/mol. The fourth-order valence-electron chi connectivity index (χ4n) is 6.92. The Balaban J connectivity index is 1.58. The molecule has 0 aliphatic carbocycles. The minimum Gasteiger partial charge on any atom is -0.507 e. The lowest BCUT2D eigenvalue weighted by atomic mass is 9.85. The SMILES string of the molecule is CC(C)c1cc(-c2ccccc2)cc(C(C)C)c1-n1c(-c2cc(C(C)(C)C)ccc2O)nc2c(-c3cccc(-c4ccccn4)c3)cccc21. The van der Waals surface area contributed by atoms with E-state index in [1.807, 2.05) is 36.5 Å². The van der Waals surface area contributed by atoms with Crippen molar-refractivity contribution in [2.75, 3.05) is 0 Å². The number of fused-ring (bicyclic) bond motifs is 1. The molecular formula is C46H45N3O. The summed E-state index contributed by atoms with van der Waals surface area (Å²) in [5.41, 5.74) is 13.7. The number of nitrogens with zero attached hydrogens (tertiary/aromatic N) is 3. The first-order chi connectivity index (χ1) is 24.0. The maximum Gasteiger partial charge on any atom is 0.149 e. The van der Waals surface area contributed by atoms with Crippen molar-refractivity contribution in [2.45, 2.75) is 65.7 Å². The van der Waals surface area contributed by atoms with Gasteiger partial charge in [0.1, 0.15) is 11.6 Å². The van der Waals surface area contributed by atoms with E-state index in [1.165, 1.54) is 22.3 Å². The van der Waals surface area contributed by atoms with Gasteiger partial charge in [-0.1, -0.05) is 121 Å². The minimum atomic E-state index is -0.111. The van der Waals surface area contributed by atoms with Crippen LogP contribution < -0.4 is 0 Å². The highest BCUT2D eigenvalue weighted by atomic mass is 16.3. The first-order valence-electron chi connectivity index (χ1n) is 17.6. The predicted molar refractivity (Wildman–Crippen MR) is 209 cm³/mol. The molecule has 7 rings (SSSR count). The third-order valence-electron chi connectivity index (χ3n) is 9.67. The van der Waals surface area contributed by atoms with Gasteiger partial charge in [0.05, 0.1) is 28.0 Å². The Labute approximate surface area is 296 Å². The largest absolute Gasteiger partial charge is 0.507 e. The average molecular weight is 656 g/mol. The molecule has 7 aromatic rings. The first kappa shape index (κ1) is 33.0.